The highest BCUT2D eigenvalue weighted by Crippen LogP contribution is 2.14. The first kappa shape index (κ1) is 31.3. The molecule has 0 aromatic carbocycles. The van der Waals surface area contributed by atoms with E-state index in [1.54, 1.807) is 72.1 Å². The van der Waals surface area contributed by atoms with E-state index in [4.69, 9.17) is 14.2 Å². The predicted octanol–water partition coefficient (Wildman–Crippen LogP) is 3.54. The Kier molecular flexibility index (Phi) is 11.3. The summed E-state index contributed by atoms with van der Waals surface area (Å²) in [4.78, 5) is 45.2. The lowest BCUT2D eigenvalue weighted by Gasteiger charge is -2.35. The van der Waals surface area contributed by atoms with Crippen LogP contribution in [-0.4, -0.2) is 114 Å². The van der Waals surface area contributed by atoms with E-state index in [9.17, 15) is 19.6 Å². The van der Waals surface area contributed by atoms with Crippen molar-refractivity contribution in [1.82, 2.24) is 19.6 Å². The molecule has 206 valence electrons. The molecule has 0 saturated carbocycles. The molecule has 0 unspecified atom stereocenters. The summed E-state index contributed by atoms with van der Waals surface area (Å²) in [5, 5.41) is 9.29. The molecule has 1 aliphatic rings. The molecule has 0 spiro atoms. The Morgan fingerprint density at radius 1 is 0.583 bits per heavy atom. The fraction of sp³-hybridized carbons (Fsp3) is 0.840. The van der Waals surface area contributed by atoms with E-state index in [0.717, 1.165) is 0 Å². The van der Waals surface area contributed by atoms with Gasteiger partial charge in [0.05, 0.1) is 12.6 Å². The Morgan fingerprint density at radius 2 is 0.833 bits per heavy atom. The van der Waals surface area contributed by atoms with Gasteiger partial charge in [0.2, 0.25) is 0 Å². The maximum absolute atomic E-state index is 13.0. The van der Waals surface area contributed by atoms with E-state index in [1.807, 2.05) is 4.90 Å². The summed E-state index contributed by atoms with van der Waals surface area (Å²) in [5.41, 5.74) is -2.05. The standard InChI is InChI=1S/C25H45N5O6/c1-23(2,3)34-20(31)28-14-12-27(11-10-26)13-15-29(21(32)35-24(4,5)6)17-19-30(18-16-28)22(33)36-25(7,8)9/h11-19H2,1-9H3. The van der Waals surface area contributed by atoms with Gasteiger partial charge in [-0.3, -0.25) is 4.90 Å². The van der Waals surface area contributed by atoms with Crippen molar-refractivity contribution in [2.75, 3.05) is 58.9 Å². The van der Waals surface area contributed by atoms with E-state index in [1.165, 1.54) is 4.90 Å². The van der Waals surface area contributed by atoms with Crippen LogP contribution in [0.25, 0.3) is 0 Å². The van der Waals surface area contributed by atoms with Gasteiger partial charge < -0.3 is 28.9 Å². The molecule has 11 nitrogen and oxygen atoms in total. The molecule has 0 radical (unpaired) electrons. The van der Waals surface area contributed by atoms with Crippen molar-refractivity contribution in [1.29, 1.82) is 5.26 Å². The van der Waals surface area contributed by atoms with Crippen molar-refractivity contribution < 1.29 is 28.6 Å². The molecule has 1 saturated heterocycles. The normalized spacial score (nSPS) is 17.4. The summed E-state index contributed by atoms with van der Waals surface area (Å²) < 4.78 is 16.7. The molecule has 1 rings (SSSR count). The number of nitrogens with zero attached hydrogens (tertiary/aromatic N) is 5. The number of hydrogen-bond donors (Lipinski definition) is 0. The predicted molar refractivity (Wildman–Crippen MR) is 135 cm³/mol. The Hall–Kier alpha value is -2.74. The Labute approximate surface area is 216 Å². The van der Waals surface area contributed by atoms with Crippen molar-refractivity contribution in [3.63, 3.8) is 0 Å². The summed E-state index contributed by atoms with van der Waals surface area (Å²) >= 11 is 0. The summed E-state index contributed by atoms with van der Waals surface area (Å²) in [6, 6.07) is 2.15. The zero-order valence-corrected chi connectivity index (χ0v) is 23.5. The van der Waals surface area contributed by atoms with Gasteiger partial charge in [0.1, 0.15) is 16.8 Å². The molecule has 11 heteroatoms. The van der Waals surface area contributed by atoms with Gasteiger partial charge in [-0.25, -0.2) is 14.4 Å². The van der Waals surface area contributed by atoms with Gasteiger partial charge >= 0.3 is 18.3 Å². The third-order valence-electron chi connectivity index (χ3n) is 4.90. The first-order chi connectivity index (χ1) is 16.4. The minimum Gasteiger partial charge on any atom is -0.444 e. The number of nitriles is 1. The lowest BCUT2D eigenvalue weighted by Crippen LogP contribution is -2.51. The number of ether oxygens (including phenoxy) is 3. The Balaban J connectivity index is 3.20. The third-order valence-corrected chi connectivity index (χ3v) is 4.90. The van der Waals surface area contributed by atoms with Crippen molar-refractivity contribution in [2.45, 2.75) is 79.1 Å². The molecule has 3 amide bonds. The molecule has 1 aliphatic heterocycles. The minimum atomic E-state index is -0.700. The molecule has 0 atom stereocenters. The molecule has 36 heavy (non-hydrogen) atoms. The van der Waals surface area contributed by atoms with Gasteiger partial charge in [0, 0.05) is 52.4 Å². The summed E-state index contributed by atoms with van der Waals surface area (Å²) in [6.07, 6.45) is -1.51. The van der Waals surface area contributed by atoms with Gasteiger partial charge in [-0.15, -0.1) is 0 Å². The maximum Gasteiger partial charge on any atom is 0.410 e. The Morgan fingerprint density at radius 3 is 1.06 bits per heavy atom. The number of hydrogen-bond acceptors (Lipinski definition) is 8. The van der Waals surface area contributed by atoms with E-state index in [0.29, 0.717) is 26.2 Å². The first-order valence-electron chi connectivity index (χ1n) is 12.4. The van der Waals surface area contributed by atoms with Crippen LogP contribution in [0.3, 0.4) is 0 Å². The SMILES string of the molecule is CC(C)(C)OC(=O)N1CCN(CC#N)CCN(C(=O)OC(C)(C)C)CCN(C(=O)OC(C)(C)C)CC1. The first-order valence-corrected chi connectivity index (χ1v) is 12.4. The third kappa shape index (κ3) is 12.8. The monoisotopic (exact) mass is 511 g/mol. The lowest BCUT2D eigenvalue weighted by molar-refractivity contribution is 0.00505. The average molecular weight is 512 g/mol. The van der Waals surface area contributed by atoms with Crippen molar-refractivity contribution >= 4 is 18.3 Å². The van der Waals surface area contributed by atoms with Crippen LogP contribution in [0.5, 0.6) is 0 Å². The topological polar surface area (TPSA) is 116 Å². The fourth-order valence-electron chi connectivity index (χ4n) is 3.24. The number of carbonyl (C=O) groups excluding carboxylic acids is 3. The van der Waals surface area contributed by atoms with Crippen LogP contribution in [0, 0.1) is 11.3 Å². The molecular formula is C25H45N5O6. The average Bonchev–Trinajstić information content (AvgIpc) is 2.66. The summed E-state index contributed by atoms with van der Waals surface area (Å²) in [5.74, 6) is 0. The van der Waals surface area contributed by atoms with E-state index in [-0.39, 0.29) is 32.7 Å². The summed E-state index contributed by atoms with van der Waals surface area (Å²) in [7, 11) is 0. The highest BCUT2D eigenvalue weighted by atomic mass is 16.6. The lowest BCUT2D eigenvalue weighted by atomic mass is 10.2. The van der Waals surface area contributed by atoms with Crippen LogP contribution in [-0.2, 0) is 14.2 Å². The van der Waals surface area contributed by atoms with E-state index in [2.05, 4.69) is 6.07 Å². The van der Waals surface area contributed by atoms with Crippen LogP contribution in [0.2, 0.25) is 0 Å². The van der Waals surface area contributed by atoms with Crippen LogP contribution in [0.15, 0.2) is 0 Å². The van der Waals surface area contributed by atoms with Crippen LogP contribution in [0.4, 0.5) is 14.4 Å². The molecule has 0 N–H and O–H groups in total. The summed E-state index contributed by atoms with van der Waals surface area (Å²) in [6.45, 7) is 18.5. The second-order valence-corrected chi connectivity index (χ2v) is 11.8. The molecule has 1 fully saturated rings. The highest BCUT2D eigenvalue weighted by molar-refractivity contribution is 5.70. The number of amides is 3. The number of carbonyl (C=O) groups is 3. The molecular weight excluding hydrogens is 466 g/mol. The smallest absolute Gasteiger partial charge is 0.410 e. The van der Waals surface area contributed by atoms with Gasteiger partial charge in [0.25, 0.3) is 0 Å². The van der Waals surface area contributed by atoms with Crippen LogP contribution < -0.4 is 0 Å². The zero-order valence-electron chi connectivity index (χ0n) is 23.5. The second-order valence-electron chi connectivity index (χ2n) is 11.8. The van der Waals surface area contributed by atoms with Crippen molar-refractivity contribution in [3.8, 4) is 6.07 Å². The molecule has 0 bridgehead atoms. The second kappa shape index (κ2) is 13.0. The quantitative estimate of drug-likeness (QED) is 0.388. The Bertz CT molecular complexity index is 747. The largest absolute Gasteiger partial charge is 0.444 e. The minimum absolute atomic E-state index is 0.147. The van der Waals surface area contributed by atoms with E-state index >= 15 is 0 Å². The van der Waals surface area contributed by atoms with Gasteiger partial charge in [-0.05, 0) is 62.3 Å². The molecule has 1 heterocycles. The zero-order chi connectivity index (χ0) is 27.7. The van der Waals surface area contributed by atoms with Crippen molar-refractivity contribution in [2.24, 2.45) is 0 Å². The van der Waals surface area contributed by atoms with Crippen LogP contribution in [0.1, 0.15) is 62.3 Å². The van der Waals surface area contributed by atoms with E-state index < -0.39 is 35.1 Å². The highest BCUT2D eigenvalue weighted by Gasteiger charge is 2.29. The van der Waals surface area contributed by atoms with Crippen LogP contribution >= 0.6 is 0 Å². The molecule has 0 aromatic heterocycles. The number of rotatable bonds is 1. The van der Waals surface area contributed by atoms with Gasteiger partial charge in [-0.2, -0.15) is 5.26 Å². The molecule has 0 aromatic rings. The maximum atomic E-state index is 13.0. The van der Waals surface area contributed by atoms with Crippen molar-refractivity contribution in [3.05, 3.63) is 0 Å². The fourth-order valence-corrected chi connectivity index (χ4v) is 3.24. The molecule has 0 aliphatic carbocycles. The van der Waals surface area contributed by atoms with Gasteiger partial charge in [0.15, 0.2) is 0 Å². The van der Waals surface area contributed by atoms with Gasteiger partial charge in [-0.1, -0.05) is 0 Å².